The Balaban J connectivity index is 2.48. The number of fused-ring (bicyclic) bond motifs is 1. The molecular weight excluding hydrogens is 228 g/mol. The van der Waals surface area contributed by atoms with Gasteiger partial charge in [0.25, 0.3) is 0 Å². The Morgan fingerprint density at radius 3 is 2.76 bits per heavy atom. The zero-order valence-corrected chi connectivity index (χ0v) is 10.0. The van der Waals surface area contributed by atoms with Gasteiger partial charge in [-0.2, -0.15) is 5.48 Å². The number of benzene rings is 1. The van der Waals surface area contributed by atoms with Gasteiger partial charge in [-0.3, -0.25) is 0 Å². The number of ether oxygens (including phenoxy) is 1. The Kier molecular flexibility index (Phi) is 3.05. The maximum absolute atomic E-state index is 13.7. The van der Waals surface area contributed by atoms with Gasteiger partial charge >= 0.3 is 0 Å². The van der Waals surface area contributed by atoms with Crippen LogP contribution < -0.4 is 10.2 Å². The Labute approximate surface area is 98.7 Å². The van der Waals surface area contributed by atoms with Crippen molar-refractivity contribution in [2.75, 3.05) is 7.11 Å². The number of hydrogen-bond donors (Lipinski definition) is 1. The third-order valence-corrected chi connectivity index (χ3v) is 2.75. The molecule has 1 N–H and O–H groups in total. The highest BCUT2D eigenvalue weighted by Crippen LogP contribution is 2.41. The van der Waals surface area contributed by atoms with Crippen molar-refractivity contribution in [2.24, 2.45) is 0 Å². The number of hydrogen-bond acceptors (Lipinski definition) is 3. The van der Waals surface area contributed by atoms with Gasteiger partial charge in [0.2, 0.25) is 0 Å². The van der Waals surface area contributed by atoms with Gasteiger partial charge in [-0.15, -0.1) is 0 Å². The van der Waals surface area contributed by atoms with Gasteiger partial charge in [0.15, 0.2) is 0 Å². The van der Waals surface area contributed by atoms with E-state index in [2.05, 4.69) is 5.48 Å². The largest absolute Gasteiger partial charge is 0.487 e. The first kappa shape index (κ1) is 12.3. The van der Waals surface area contributed by atoms with Gasteiger partial charge in [0.1, 0.15) is 23.0 Å². The smallest absolute Gasteiger partial charge is 0.134 e. The maximum Gasteiger partial charge on any atom is 0.134 e. The van der Waals surface area contributed by atoms with Crippen LogP contribution in [0.2, 0.25) is 0 Å². The summed E-state index contributed by atoms with van der Waals surface area (Å²) in [5.74, 6) is -1.03. The van der Waals surface area contributed by atoms with Gasteiger partial charge in [-0.25, -0.2) is 8.78 Å². The SMILES string of the molecule is CONC1CC(C)(C)Oc2cc(F)cc(F)c21. The van der Waals surface area contributed by atoms with E-state index in [1.807, 2.05) is 13.8 Å². The molecule has 0 fully saturated rings. The average molecular weight is 243 g/mol. The van der Waals surface area contributed by atoms with E-state index in [4.69, 9.17) is 9.57 Å². The molecule has 0 amide bonds. The van der Waals surface area contributed by atoms with Crippen molar-refractivity contribution in [1.29, 1.82) is 0 Å². The summed E-state index contributed by atoms with van der Waals surface area (Å²) >= 11 is 0. The first-order valence-electron chi connectivity index (χ1n) is 5.39. The van der Waals surface area contributed by atoms with Crippen molar-refractivity contribution in [3.8, 4) is 5.75 Å². The van der Waals surface area contributed by atoms with Crippen LogP contribution in [0.25, 0.3) is 0 Å². The maximum atomic E-state index is 13.7. The van der Waals surface area contributed by atoms with E-state index in [0.717, 1.165) is 6.07 Å². The normalized spacial score (nSPS) is 21.8. The minimum absolute atomic E-state index is 0.230. The summed E-state index contributed by atoms with van der Waals surface area (Å²) in [6.07, 6.45) is 0.538. The van der Waals surface area contributed by atoms with E-state index in [1.165, 1.54) is 13.2 Å². The van der Waals surface area contributed by atoms with Crippen LogP contribution in [0.15, 0.2) is 12.1 Å². The third-order valence-electron chi connectivity index (χ3n) is 2.75. The van der Waals surface area contributed by atoms with Crippen molar-refractivity contribution in [2.45, 2.75) is 31.9 Å². The molecule has 0 saturated carbocycles. The predicted molar refractivity (Wildman–Crippen MR) is 58.6 cm³/mol. The summed E-state index contributed by atoms with van der Waals surface area (Å²) in [4.78, 5) is 4.85. The van der Waals surface area contributed by atoms with Crippen molar-refractivity contribution >= 4 is 0 Å². The van der Waals surface area contributed by atoms with E-state index < -0.39 is 17.2 Å². The summed E-state index contributed by atoms with van der Waals surface area (Å²) < 4.78 is 32.5. The lowest BCUT2D eigenvalue weighted by Gasteiger charge is -2.37. The van der Waals surface area contributed by atoms with Crippen molar-refractivity contribution in [3.63, 3.8) is 0 Å². The summed E-state index contributed by atoms with van der Waals surface area (Å²) in [7, 11) is 1.46. The number of nitrogens with one attached hydrogen (secondary N) is 1. The molecule has 1 aromatic carbocycles. The van der Waals surface area contributed by atoms with Gasteiger partial charge in [-0.05, 0) is 13.8 Å². The Hall–Kier alpha value is -1.20. The molecule has 2 rings (SSSR count). The van der Waals surface area contributed by atoms with Crippen LogP contribution in [-0.2, 0) is 4.84 Å². The lowest BCUT2D eigenvalue weighted by molar-refractivity contribution is 0.00108. The molecule has 0 spiro atoms. The number of hydroxylamine groups is 1. The third kappa shape index (κ3) is 2.40. The molecule has 94 valence electrons. The highest BCUT2D eigenvalue weighted by molar-refractivity contribution is 5.40. The molecule has 0 bridgehead atoms. The molecule has 0 saturated heterocycles. The van der Waals surface area contributed by atoms with Gasteiger partial charge < -0.3 is 9.57 Å². The summed E-state index contributed by atoms with van der Waals surface area (Å²) in [6, 6.07) is 1.70. The molecule has 3 nitrogen and oxygen atoms in total. The van der Waals surface area contributed by atoms with Crippen LogP contribution in [0, 0.1) is 11.6 Å². The van der Waals surface area contributed by atoms with Crippen LogP contribution >= 0.6 is 0 Å². The highest BCUT2D eigenvalue weighted by Gasteiger charge is 2.36. The minimum Gasteiger partial charge on any atom is -0.487 e. The van der Waals surface area contributed by atoms with Crippen molar-refractivity contribution in [1.82, 2.24) is 5.48 Å². The zero-order chi connectivity index (χ0) is 12.6. The number of rotatable bonds is 2. The monoisotopic (exact) mass is 243 g/mol. The summed E-state index contributed by atoms with van der Waals surface area (Å²) in [5.41, 5.74) is 2.53. The van der Waals surface area contributed by atoms with Crippen LogP contribution in [0.3, 0.4) is 0 Å². The van der Waals surface area contributed by atoms with Gasteiger partial charge in [0.05, 0.1) is 13.2 Å². The minimum atomic E-state index is -0.643. The molecule has 1 aromatic rings. The van der Waals surface area contributed by atoms with Crippen LogP contribution in [0.5, 0.6) is 5.75 Å². The first-order chi connectivity index (χ1) is 7.93. The lowest BCUT2D eigenvalue weighted by Crippen LogP contribution is -2.39. The Bertz CT molecular complexity index is 435. The van der Waals surface area contributed by atoms with Gasteiger partial charge in [-0.1, -0.05) is 0 Å². The van der Waals surface area contributed by atoms with Crippen LogP contribution in [0.4, 0.5) is 8.78 Å². The van der Waals surface area contributed by atoms with E-state index in [0.29, 0.717) is 12.0 Å². The van der Waals surface area contributed by atoms with E-state index in [1.54, 1.807) is 0 Å². The average Bonchev–Trinajstić information content (AvgIpc) is 2.13. The van der Waals surface area contributed by atoms with Crippen LogP contribution in [-0.4, -0.2) is 12.7 Å². The molecule has 1 unspecified atom stereocenters. The standard InChI is InChI=1S/C12H15F2NO2/c1-12(2)6-9(15-16-3)11-8(14)4-7(13)5-10(11)17-12/h4-5,9,15H,6H2,1-3H3. The Morgan fingerprint density at radius 2 is 2.12 bits per heavy atom. The zero-order valence-electron chi connectivity index (χ0n) is 10.0. The molecule has 1 atom stereocenters. The predicted octanol–water partition coefficient (Wildman–Crippen LogP) is 2.72. The molecule has 1 aliphatic rings. The first-order valence-corrected chi connectivity index (χ1v) is 5.39. The van der Waals surface area contributed by atoms with Gasteiger partial charge in [0, 0.05) is 24.1 Å². The summed E-state index contributed by atoms with van der Waals surface area (Å²) in [5, 5.41) is 0. The quantitative estimate of drug-likeness (QED) is 0.810. The second-order valence-corrected chi connectivity index (χ2v) is 4.74. The van der Waals surface area contributed by atoms with Crippen LogP contribution in [0.1, 0.15) is 31.9 Å². The molecule has 17 heavy (non-hydrogen) atoms. The van der Waals surface area contributed by atoms with E-state index in [-0.39, 0.29) is 11.8 Å². The highest BCUT2D eigenvalue weighted by atomic mass is 19.1. The van der Waals surface area contributed by atoms with E-state index >= 15 is 0 Å². The molecule has 0 aromatic heterocycles. The topological polar surface area (TPSA) is 30.5 Å². The lowest BCUT2D eigenvalue weighted by atomic mass is 9.90. The Morgan fingerprint density at radius 1 is 1.41 bits per heavy atom. The van der Waals surface area contributed by atoms with Crippen molar-refractivity contribution < 1.29 is 18.4 Å². The fourth-order valence-corrected chi connectivity index (χ4v) is 2.16. The van der Waals surface area contributed by atoms with Crippen molar-refractivity contribution in [3.05, 3.63) is 29.3 Å². The van der Waals surface area contributed by atoms with E-state index in [9.17, 15) is 8.78 Å². The molecule has 0 aliphatic carbocycles. The second-order valence-electron chi connectivity index (χ2n) is 4.74. The molecule has 1 heterocycles. The molecule has 1 aliphatic heterocycles. The number of halogens is 2. The molecule has 0 radical (unpaired) electrons. The molecule has 5 heteroatoms. The summed E-state index contributed by atoms with van der Waals surface area (Å²) in [6.45, 7) is 3.73. The second kappa shape index (κ2) is 4.23. The fourth-order valence-electron chi connectivity index (χ4n) is 2.16. The fraction of sp³-hybridized carbons (Fsp3) is 0.500. The molecular formula is C12H15F2NO2.